The van der Waals surface area contributed by atoms with Crippen molar-refractivity contribution in [2.24, 2.45) is 0 Å². The minimum atomic E-state index is -0.628. The molecular weight excluding hydrogens is 284 g/mol. The number of fused-ring (bicyclic) bond motifs is 1. The smallest absolute Gasteiger partial charge is 0.344 e. The Morgan fingerprint density at radius 3 is 2.45 bits per heavy atom. The molecule has 0 saturated heterocycles. The zero-order chi connectivity index (χ0) is 16.0. The number of nitrogens with zero attached hydrogens (tertiary/aromatic N) is 1. The van der Waals surface area contributed by atoms with Crippen LogP contribution in [0, 0.1) is 6.92 Å². The van der Waals surface area contributed by atoms with Crippen molar-refractivity contribution in [2.75, 3.05) is 19.0 Å². The summed E-state index contributed by atoms with van der Waals surface area (Å²) in [6.07, 6.45) is 1.13. The Hall–Kier alpha value is -2.89. The lowest BCUT2D eigenvalue weighted by Crippen LogP contribution is -2.23. The van der Waals surface area contributed by atoms with Gasteiger partial charge in [0.2, 0.25) is 0 Å². The predicted octanol–water partition coefficient (Wildman–Crippen LogP) is 1.21. The minimum Gasteiger partial charge on any atom is -0.422 e. The molecule has 22 heavy (non-hydrogen) atoms. The van der Waals surface area contributed by atoms with Gasteiger partial charge in [0.1, 0.15) is 5.58 Å². The lowest BCUT2D eigenvalue weighted by atomic mass is 9.99. The molecule has 112 valence electrons. The van der Waals surface area contributed by atoms with Crippen molar-refractivity contribution < 1.29 is 14.0 Å². The fraction of sp³-hybridized carbons (Fsp3) is 0.188. The summed E-state index contributed by atoms with van der Waals surface area (Å²) in [5, 5.41) is 2.86. The number of hydrogen-bond donors (Lipinski definition) is 1. The number of aryl methyl sites for hydroxylation is 1. The van der Waals surface area contributed by atoms with E-state index in [1.807, 2.05) is 31.1 Å². The fourth-order valence-electron chi connectivity index (χ4n) is 2.53. The van der Waals surface area contributed by atoms with E-state index in [1.54, 1.807) is 13.0 Å². The second-order valence-electron chi connectivity index (χ2n) is 5.34. The molecule has 0 unspecified atom stereocenters. The van der Waals surface area contributed by atoms with Gasteiger partial charge in [0.25, 0.3) is 11.8 Å². The highest BCUT2D eigenvalue weighted by Gasteiger charge is 2.27. The largest absolute Gasteiger partial charge is 0.422 e. The summed E-state index contributed by atoms with van der Waals surface area (Å²) >= 11 is 0. The Balaban J connectivity index is 2.28. The van der Waals surface area contributed by atoms with Gasteiger partial charge in [0.15, 0.2) is 0 Å². The van der Waals surface area contributed by atoms with Gasteiger partial charge in [0.05, 0.1) is 11.1 Å². The molecule has 1 aromatic heterocycles. The Labute approximate surface area is 126 Å². The monoisotopic (exact) mass is 298 g/mol. The SMILES string of the molecule is Cc1c(C2=CC(=O)NC2=O)c(=O)oc2cc(N(C)C)ccc12. The zero-order valence-corrected chi connectivity index (χ0v) is 12.4. The Kier molecular flexibility index (Phi) is 3.09. The molecule has 1 N–H and O–H groups in total. The first kappa shape index (κ1) is 14.1. The topological polar surface area (TPSA) is 79.6 Å². The number of carbonyl (C=O) groups is 2. The zero-order valence-electron chi connectivity index (χ0n) is 12.4. The van der Waals surface area contributed by atoms with Crippen molar-refractivity contribution in [2.45, 2.75) is 6.92 Å². The van der Waals surface area contributed by atoms with E-state index in [0.29, 0.717) is 11.1 Å². The molecule has 2 heterocycles. The average Bonchev–Trinajstić information content (AvgIpc) is 2.77. The van der Waals surface area contributed by atoms with Crippen molar-refractivity contribution in [3.8, 4) is 0 Å². The van der Waals surface area contributed by atoms with Crippen molar-refractivity contribution >= 4 is 34.0 Å². The van der Waals surface area contributed by atoms with Crippen LogP contribution < -0.4 is 15.8 Å². The van der Waals surface area contributed by atoms with E-state index in [-0.39, 0.29) is 11.1 Å². The number of nitrogens with one attached hydrogen (secondary N) is 1. The van der Waals surface area contributed by atoms with E-state index < -0.39 is 17.4 Å². The molecule has 1 aliphatic rings. The lowest BCUT2D eigenvalue weighted by Gasteiger charge is -2.14. The molecule has 2 aromatic rings. The van der Waals surface area contributed by atoms with E-state index in [2.05, 4.69) is 5.32 Å². The summed E-state index contributed by atoms with van der Waals surface area (Å²) < 4.78 is 5.35. The molecule has 1 aromatic carbocycles. The number of hydrogen-bond acceptors (Lipinski definition) is 5. The van der Waals surface area contributed by atoms with Crippen LogP contribution in [0.1, 0.15) is 11.1 Å². The van der Waals surface area contributed by atoms with Crippen LogP contribution in [0.2, 0.25) is 0 Å². The maximum absolute atomic E-state index is 12.3. The molecule has 0 atom stereocenters. The van der Waals surface area contributed by atoms with Crippen LogP contribution in [-0.4, -0.2) is 25.9 Å². The summed E-state index contributed by atoms with van der Waals surface area (Å²) in [7, 11) is 3.78. The first-order chi connectivity index (χ1) is 10.4. The molecule has 0 radical (unpaired) electrons. The van der Waals surface area contributed by atoms with Crippen LogP contribution in [0.3, 0.4) is 0 Å². The van der Waals surface area contributed by atoms with Crippen LogP contribution in [-0.2, 0) is 9.59 Å². The molecule has 3 rings (SSSR count). The van der Waals surface area contributed by atoms with Gasteiger partial charge in [-0.1, -0.05) is 0 Å². The summed E-state index contributed by atoms with van der Waals surface area (Å²) in [5.74, 6) is -1.11. The standard InChI is InChI=1S/C16H14N2O4/c1-8-10-5-4-9(18(2)3)6-12(10)22-16(21)14(8)11-7-13(19)17-15(11)20/h4-7H,1-3H3,(H,17,19,20). The maximum Gasteiger partial charge on any atom is 0.344 e. The Bertz CT molecular complexity index is 906. The lowest BCUT2D eigenvalue weighted by molar-refractivity contribution is -0.123. The number of anilines is 1. The van der Waals surface area contributed by atoms with Crippen LogP contribution >= 0.6 is 0 Å². The molecule has 6 nitrogen and oxygen atoms in total. The third kappa shape index (κ3) is 2.09. The molecule has 6 heteroatoms. The summed E-state index contributed by atoms with van der Waals surface area (Å²) in [6, 6.07) is 5.50. The summed E-state index contributed by atoms with van der Waals surface area (Å²) in [6.45, 7) is 1.74. The van der Waals surface area contributed by atoms with Gasteiger partial charge < -0.3 is 9.32 Å². The Morgan fingerprint density at radius 2 is 1.86 bits per heavy atom. The average molecular weight is 298 g/mol. The van der Waals surface area contributed by atoms with E-state index >= 15 is 0 Å². The van der Waals surface area contributed by atoms with Crippen LogP contribution in [0.4, 0.5) is 5.69 Å². The maximum atomic E-state index is 12.3. The fourth-order valence-corrected chi connectivity index (χ4v) is 2.53. The van der Waals surface area contributed by atoms with Crippen LogP contribution in [0.15, 0.2) is 33.5 Å². The van der Waals surface area contributed by atoms with Gasteiger partial charge in [-0.25, -0.2) is 4.79 Å². The van der Waals surface area contributed by atoms with E-state index in [1.165, 1.54) is 0 Å². The molecule has 2 amide bonds. The summed E-state index contributed by atoms with van der Waals surface area (Å²) in [4.78, 5) is 37.2. The molecule has 0 bridgehead atoms. The van der Waals surface area contributed by atoms with E-state index in [9.17, 15) is 14.4 Å². The van der Waals surface area contributed by atoms with E-state index in [0.717, 1.165) is 17.1 Å². The second kappa shape index (κ2) is 4.84. The summed E-state index contributed by atoms with van der Waals surface area (Å²) in [5.41, 5.74) is 1.52. The quantitative estimate of drug-likeness (QED) is 0.666. The van der Waals surface area contributed by atoms with Gasteiger partial charge in [0, 0.05) is 37.3 Å². The first-order valence-corrected chi connectivity index (χ1v) is 6.70. The number of carbonyl (C=O) groups excluding carboxylic acids is 2. The van der Waals surface area contributed by atoms with Crippen LogP contribution in [0.5, 0.6) is 0 Å². The normalized spacial score (nSPS) is 14.2. The third-order valence-corrected chi connectivity index (χ3v) is 3.69. The predicted molar refractivity (Wildman–Crippen MR) is 82.7 cm³/mol. The van der Waals surface area contributed by atoms with Crippen LogP contribution in [0.25, 0.3) is 16.5 Å². The minimum absolute atomic E-state index is 0.0508. The Morgan fingerprint density at radius 1 is 1.14 bits per heavy atom. The molecule has 0 spiro atoms. The van der Waals surface area contributed by atoms with E-state index in [4.69, 9.17) is 4.42 Å². The number of rotatable bonds is 2. The highest BCUT2D eigenvalue weighted by atomic mass is 16.4. The highest BCUT2D eigenvalue weighted by molar-refractivity contribution is 6.33. The van der Waals surface area contributed by atoms with Gasteiger partial charge in [-0.2, -0.15) is 0 Å². The van der Waals surface area contributed by atoms with Gasteiger partial charge in [-0.05, 0) is 24.6 Å². The molecular formula is C16H14N2O4. The second-order valence-corrected chi connectivity index (χ2v) is 5.34. The molecule has 1 aliphatic heterocycles. The third-order valence-electron chi connectivity index (χ3n) is 3.69. The van der Waals surface area contributed by atoms with Crippen molar-refractivity contribution in [3.05, 3.63) is 45.8 Å². The van der Waals surface area contributed by atoms with Gasteiger partial charge in [-0.15, -0.1) is 0 Å². The molecule has 0 aliphatic carbocycles. The molecule has 0 saturated carbocycles. The van der Waals surface area contributed by atoms with Crippen molar-refractivity contribution in [1.29, 1.82) is 0 Å². The van der Waals surface area contributed by atoms with Gasteiger partial charge >= 0.3 is 5.63 Å². The van der Waals surface area contributed by atoms with Gasteiger partial charge in [-0.3, -0.25) is 14.9 Å². The number of amides is 2. The molecule has 0 fully saturated rings. The first-order valence-electron chi connectivity index (χ1n) is 6.70. The number of imide groups is 1. The number of benzene rings is 1. The highest BCUT2D eigenvalue weighted by Crippen LogP contribution is 2.27. The van der Waals surface area contributed by atoms with Crippen molar-refractivity contribution in [1.82, 2.24) is 5.32 Å². The van der Waals surface area contributed by atoms with Crippen molar-refractivity contribution in [3.63, 3.8) is 0 Å².